The predicted octanol–water partition coefficient (Wildman–Crippen LogP) is 3.41. The summed E-state index contributed by atoms with van der Waals surface area (Å²) in [6.07, 6.45) is 3.85. The fraction of sp³-hybridized carbons (Fsp3) is 0.300. The molecule has 1 fully saturated rings. The monoisotopic (exact) mass is 333 g/mol. The van der Waals surface area contributed by atoms with Gasteiger partial charge in [0, 0.05) is 25.3 Å². The van der Waals surface area contributed by atoms with E-state index >= 15 is 0 Å². The third-order valence-electron chi connectivity index (χ3n) is 5.02. The smallest absolute Gasteiger partial charge is 0.108 e. The van der Waals surface area contributed by atoms with Gasteiger partial charge in [-0.2, -0.15) is 15.4 Å². The Kier molecular flexibility index (Phi) is 4.48. The van der Waals surface area contributed by atoms with Crippen molar-refractivity contribution >= 4 is 5.69 Å². The number of nitrogens with one attached hydrogen (secondary N) is 2. The summed E-state index contributed by atoms with van der Waals surface area (Å²) >= 11 is 0. The lowest BCUT2D eigenvalue weighted by molar-refractivity contribution is 0.164. The molecule has 0 amide bonds. The SMILES string of the molecule is c1ccc(CN2CCC(Nc3ccccc3)(c3cn[nH]n3)CC2)cc1. The Hall–Kier alpha value is -2.66. The van der Waals surface area contributed by atoms with Crippen molar-refractivity contribution in [3.05, 3.63) is 78.1 Å². The van der Waals surface area contributed by atoms with E-state index in [-0.39, 0.29) is 5.54 Å². The highest BCUT2D eigenvalue weighted by molar-refractivity contribution is 5.47. The number of aromatic nitrogens is 3. The van der Waals surface area contributed by atoms with Gasteiger partial charge in [-0.05, 0) is 30.5 Å². The molecule has 2 heterocycles. The first-order valence-electron chi connectivity index (χ1n) is 8.80. The Morgan fingerprint density at radius 1 is 0.960 bits per heavy atom. The van der Waals surface area contributed by atoms with Gasteiger partial charge < -0.3 is 5.32 Å². The molecule has 1 aliphatic rings. The Bertz CT molecular complexity index is 762. The van der Waals surface area contributed by atoms with E-state index in [1.54, 1.807) is 0 Å². The molecule has 3 aromatic rings. The molecule has 0 aliphatic carbocycles. The molecular formula is C20H23N5. The number of hydrogen-bond acceptors (Lipinski definition) is 4. The van der Waals surface area contributed by atoms with Crippen molar-refractivity contribution in [1.82, 2.24) is 20.3 Å². The molecule has 0 atom stereocenters. The molecule has 0 saturated carbocycles. The number of benzene rings is 2. The fourth-order valence-corrected chi connectivity index (χ4v) is 3.61. The van der Waals surface area contributed by atoms with Crippen LogP contribution < -0.4 is 5.32 Å². The van der Waals surface area contributed by atoms with E-state index in [4.69, 9.17) is 0 Å². The Balaban J connectivity index is 1.50. The van der Waals surface area contributed by atoms with Gasteiger partial charge >= 0.3 is 0 Å². The summed E-state index contributed by atoms with van der Waals surface area (Å²) in [4.78, 5) is 2.51. The van der Waals surface area contributed by atoms with Gasteiger partial charge in [0.15, 0.2) is 0 Å². The molecule has 0 unspecified atom stereocenters. The molecule has 5 heteroatoms. The van der Waals surface area contributed by atoms with E-state index in [0.717, 1.165) is 43.9 Å². The Morgan fingerprint density at radius 3 is 2.28 bits per heavy atom. The van der Waals surface area contributed by atoms with Crippen LogP contribution in [0.4, 0.5) is 5.69 Å². The molecule has 2 N–H and O–H groups in total. The van der Waals surface area contributed by atoms with Gasteiger partial charge in [-0.15, -0.1) is 0 Å². The van der Waals surface area contributed by atoms with Crippen LogP contribution >= 0.6 is 0 Å². The second-order valence-corrected chi connectivity index (χ2v) is 6.69. The van der Waals surface area contributed by atoms with Gasteiger partial charge in [0.05, 0.1) is 11.7 Å². The van der Waals surface area contributed by atoms with E-state index in [2.05, 4.69) is 80.2 Å². The number of H-pyrrole nitrogens is 1. The van der Waals surface area contributed by atoms with Crippen LogP contribution in [0.15, 0.2) is 66.9 Å². The maximum atomic E-state index is 4.40. The van der Waals surface area contributed by atoms with Crippen LogP contribution in [-0.4, -0.2) is 33.4 Å². The molecule has 0 spiro atoms. The molecule has 1 aromatic heterocycles. The van der Waals surface area contributed by atoms with E-state index in [9.17, 15) is 0 Å². The summed E-state index contributed by atoms with van der Waals surface area (Å²) in [5.74, 6) is 0. The van der Waals surface area contributed by atoms with E-state index in [0.29, 0.717) is 0 Å². The molecule has 1 saturated heterocycles. The number of para-hydroxylation sites is 1. The van der Waals surface area contributed by atoms with Crippen molar-refractivity contribution in [2.24, 2.45) is 0 Å². The minimum Gasteiger partial charge on any atom is -0.374 e. The van der Waals surface area contributed by atoms with Gasteiger partial charge in [0.1, 0.15) is 5.69 Å². The molecule has 1 aliphatic heterocycles. The van der Waals surface area contributed by atoms with Crippen molar-refractivity contribution in [1.29, 1.82) is 0 Å². The van der Waals surface area contributed by atoms with Gasteiger partial charge in [-0.1, -0.05) is 48.5 Å². The average molecular weight is 333 g/mol. The molecule has 0 bridgehead atoms. The van der Waals surface area contributed by atoms with Crippen molar-refractivity contribution in [3.63, 3.8) is 0 Å². The number of aromatic amines is 1. The first-order valence-corrected chi connectivity index (χ1v) is 8.80. The summed E-state index contributed by atoms with van der Waals surface area (Å²) in [5.41, 5.74) is 3.33. The quantitative estimate of drug-likeness (QED) is 0.751. The predicted molar refractivity (Wildman–Crippen MR) is 99.1 cm³/mol. The van der Waals surface area contributed by atoms with Crippen molar-refractivity contribution in [2.45, 2.75) is 24.9 Å². The zero-order chi connectivity index (χ0) is 17.0. The summed E-state index contributed by atoms with van der Waals surface area (Å²) in [6.45, 7) is 3.06. The zero-order valence-electron chi connectivity index (χ0n) is 14.2. The number of anilines is 1. The molecule has 128 valence electrons. The van der Waals surface area contributed by atoms with Crippen LogP contribution in [0.2, 0.25) is 0 Å². The number of rotatable bonds is 5. The first kappa shape index (κ1) is 15.8. The lowest BCUT2D eigenvalue weighted by Gasteiger charge is -2.41. The Morgan fingerprint density at radius 2 is 1.64 bits per heavy atom. The van der Waals surface area contributed by atoms with Crippen molar-refractivity contribution in [3.8, 4) is 0 Å². The summed E-state index contributed by atoms with van der Waals surface area (Å²) in [6, 6.07) is 21.0. The molecule has 4 rings (SSSR count). The van der Waals surface area contributed by atoms with Crippen LogP contribution in [0.25, 0.3) is 0 Å². The maximum absolute atomic E-state index is 4.40. The summed E-state index contributed by atoms with van der Waals surface area (Å²) in [5, 5.41) is 14.9. The Labute approximate surface area is 148 Å². The minimum atomic E-state index is -0.165. The van der Waals surface area contributed by atoms with Gasteiger partial charge in [0.2, 0.25) is 0 Å². The highest BCUT2D eigenvalue weighted by atomic mass is 15.3. The van der Waals surface area contributed by atoms with E-state index in [1.165, 1.54) is 5.56 Å². The first-order chi connectivity index (χ1) is 12.3. The van der Waals surface area contributed by atoms with Gasteiger partial charge in [-0.25, -0.2) is 0 Å². The average Bonchev–Trinajstić information content (AvgIpc) is 3.21. The van der Waals surface area contributed by atoms with Crippen LogP contribution in [-0.2, 0) is 12.1 Å². The number of piperidine rings is 1. The lowest BCUT2D eigenvalue weighted by Crippen LogP contribution is -2.47. The topological polar surface area (TPSA) is 56.8 Å². The fourth-order valence-electron chi connectivity index (χ4n) is 3.61. The lowest BCUT2D eigenvalue weighted by atomic mass is 9.84. The van der Waals surface area contributed by atoms with Crippen LogP contribution in [0.5, 0.6) is 0 Å². The summed E-state index contributed by atoms with van der Waals surface area (Å²) in [7, 11) is 0. The normalized spacial score (nSPS) is 17.3. The highest BCUT2D eigenvalue weighted by Gasteiger charge is 2.38. The summed E-state index contributed by atoms with van der Waals surface area (Å²) < 4.78 is 0. The standard InChI is InChI=1S/C20H23N5/c1-3-7-17(8-4-1)16-25-13-11-20(12-14-25,19-15-21-24-23-19)22-18-9-5-2-6-10-18/h1-10,15,22H,11-14,16H2,(H,21,23,24). The molecule has 2 aromatic carbocycles. The molecule has 25 heavy (non-hydrogen) atoms. The van der Waals surface area contributed by atoms with E-state index in [1.807, 2.05) is 12.3 Å². The van der Waals surface area contributed by atoms with Gasteiger partial charge in [0.25, 0.3) is 0 Å². The third-order valence-corrected chi connectivity index (χ3v) is 5.02. The van der Waals surface area contributed by atoms with Crippen LogP contribution in [0, 0.1) is 0 Å². The maximum Gasteiger partial charge on any atom is 0.108 e. The second-order valence-electron chi connectivity index (χ2n) is 6.69. The van der Waals surface area contributed by atoms with Crippen molar-refractivity contribution in [2.75, 3.05) is 18.4 Å². The number of likely N-dealkylation sites (tertiary alicyclic amines) is 1. The van der Waals surface area contributed by atoms with Crippen LogP contribution in [0.1, 0.15) is 24.1 Å². The second kappa shape index (κ2) is 7.07. The van der Waals surface area contributed by atoms with Crippen LogP contribution in [0.3, 0.4) is 0 Å². The van der Waals surface area contributed by atoms with Gasteiger partial charge in [-0.3, -0.25) is 4.90 Å². The largest absolute Gasteiger partial charge is 0.374 e. The zero-order valence-corrected chi connectivity index (χ0v) is 14.2. The minimum absolute atomic E-state index is 0.165. The van der Waals surface area contributed by atoms with E-state index < -0.39 is 0 Å². The highest BCUT2D eigenvalue weighted by Crippen LogP contribution is 2.35. The van der Waals surface area contributed by atoms with Crippen molar-refractivity contribution < 1.29 is 0 Å². The molecule has 0 radical (unpaired) electrons. The third kappa shape index (κ3) is 3.56. The number of hydrogen-bond donors (Lipinski definition) is 2. The molecular weight excluding hydrogens is 310 g/mol. The molecule has 5 nitrogen and oxygen atoms in total. The number of nitrogens with zero attached hydrogens (tertiary/aromatic N) is 3.